The molecular formula is C25H28FN3O4S. The number of hydrogen-bond donors (Lipinski definition) is 0. The van der Waals surface area contributed by atoms with Crippen LogP contribution in [0.1, 0.15) is 49.0 Å². The maximum atomic E-state index is 13.4. The van der Waals surface area contributed by atoms with Crippen molar-refractivity contribution < 1.29 is 22.6 Å². The number of halogens is 1. The first kappa shape index (κ1) is 24.1. The minimum absolute atomic E-state index is 0.165. The topological polar surface area (TPSA) is 83.7 Å². The molecular weight excluding hydrogens is 457 g/mol. The number of Topliss-reactive ketones (excluding diaryl/α,β-unsaturated/α-hetero) is 1. The van der Waals surface area contributed by atoms with Crippen molar-refractivity contribution in [3.8, 4) is 11.3 Å². The highest BCUT2D eigenvalue weighted by Crippen LogP contribution is 2.36. The fraction of sp³-hybridized carbons (Fsp3) is 0.400. The summed E-state index contributed by atoms with van der Waals surface area (Å²) >= 11 is 0. The second-order valence-electron chi connectivity index (χ2n) is 8.41. The number of nitrogens with zero attached hydrogens (tertiary/aromatic N) is 3. The molecule has 2 aromatic heterocycles. The lowest BCUT2D eigenvalue weighted by Gasteiger charge is -2.24. The summed E-state index contributed by atoms with van der Waals surface area (Å²) in [5, 5.41) is 0.580. The number of benzene rings is 1. The molecule has 1 unspecified atom stereocenters. The maximum Gasteiger partial charge on any atom is 0.229 e. The number of aromatic nitrogens is 1. The molecule has 1 aliphatic rings. The fourth-order valence-electron chi connectivity index (χ4n) is 4.39. The van der Waals surface area contributed by atoms with E-state index in [9.17, 15) is 18.2 Å². The predicted molar refractivity (Wildman–Crippen MR) is 131 cm³/mol. The van der Waals surface area contributed by atoms with E-state index in [4.69, 9.17) is 9.40 Å². The molecule has 180 valence electrons. The van der Waals surface area contributed by atoms with Crippen LogP contribution in [-0.4, -0.2) is 51.7 Å². The van der Waals surface area contributed by atoms with E-state index in [2.05, 4.69) is 0 Å². The molecule has 1 aliphatic heterocycles. The molecule has 4 rings (SSSR count). The van der Waals surface area contributed by atoms with Crippen LogP contribution >= 0.6 is 0 Å². The lowest BCUT2D eigenvalue weighted by Crippen LogP contribution is -2.32. The first-order valence-electron chi connectivity index (χ1n) is 11.4. The van der Waals surface area contributed by atoms with Crippen molar-refractivity contribution >= 4 is 39.6 Å². The molecule has 1 atom stereocenters. The molecule has 0 spiro atoms. The van der Waals surface area contributed by atoms with Crippen LogP contribution < -0.4 is 4.31 Å². The Morgan fingerprint density at radius 2 is 2.03 bits per heavy atom. The van der Waals surface area contributed by atoms with Gasteiger partial charge < -0.3 is 9.32 Å². The van der Waals surface area contributed by atoms with E-state index in [1.807, 2.05) is 17.9 Å². The molecule has 0 saturated carbocycles. The van der Waals surface area contributed by atoms with Crippen molar-refractivity contribution in [1.29, 1.82) is 0 Å². The van der Waals surface area contributed by atoms with E-state index < -0.39 is 11.0 Å². The van der Waals surface area contributed by atoms with E-state index in [1.54, 1.807) is 22.7 Å². The number of furan rings is 1. The van der Waals surface area contributed by atoms with Gasteiger partial charge in [-0.2, -0.15) is 4.98 Å². The Hall–Kier alpha value is -3.07. The van der Waals surface area contributed by atoms with E-state index in [1.165, 1.54) is 19.1 Å². The third-order valence-corrected chi connectivity index (χ3v) is 7.06. The quantitative estimate of drug-likeness (QED) is 0.417. The summed E-state index contributed by atoms with van der Waals surface area (Å²) in [7, 11) is -1.35. The second-order valence-corrected chi connectivity index (χ2v) is 9.70. The zero-order valence-electron chi connectivity index (χ0n) is 19.6. The molecule has 0 bridgehead atoms. The second kappa shape index (κ2) is 10.0. The normalized spacial score (nSPS) is 14.7. The van der Waals surface area contributed by atoms with Crippen LogP contribution in [-0.2, 0) is 22.2 Å². The smallest absolute Gasteiger partial charge is 0.229 e. The zero-order chi connectivity index (χ0) is 24.4. The summed E-state index contributed by atoms with van der Waals surface area (Å²) in [6.45, 7) is 5.28. The summed E-state index contributed by atoms with van der Waals surface area (Å²) in [4.78, 5) is 31.0. The highest BCUT2D eigenvalue weighted by Gasteiger charge is 2.25. The van der Waals surface area contributed by atoms with Crippen LogP contribution in [0.4, 0.5) is 10.2 Å². The van der Waals surface area contributed by atoms with Crippen LogP contribution in [0.25, 0.3) is 22.4 Å². The van der Waals surface area contributed by atoms with Gasteiger partial charge in [-0.3, -0.25) is 13.9 Å². The van der Waals surface area contributed by atoms with Crippen LogP contribution in [0.15, 0.2) is 34.7 Å². The monoisotopic (exact) mass is 485 g/mol. The number of anilines is 1. The molecule has 1 fully saturated rings. The minimum Gasteiger partial charge on any atom is -0.437 e. The van der Waals surface area contributed by atoms with Crippen molar-refractivity contribution in [2.45, 2.75) is 39.5 Å². The van der Waals surface area contributed by atoms with Crippen molar-refractivity contribution in [3.63, 3.8) is 0 Å². The first-order chi connectivity index (χ1) is 16.3. The van der Waals surface area contributed by atoms with Gasteiger partial charge in [-0.15, -0.1) is 0 Å². The van der Waals surface area contributed by atoms with Gasteiger partial charge in [0, 0.05) is 37.9 Å². The average molecular weight is 486 g/mol. The summed E-state index contributed by atoms with van der Waals surface area (Å²) in [5.74, 6) is 0.484. The molecule has 3 heterocycles. The molecule has 1 aromatic carbocycles. The molecule has 9 heteroatoms. The molecule has 34 heavy (non-hydrogen) atoms. The van der Waals surface area contributed by atoms with Crippen molar-refractivity contribution in [2.75, 3.05) is 30.2 Å². The fourth-order valence-corrected chi connectivity index (χ4v) is 5.18. The number of carbonyl (C=O) groups is 2. The van der Waals surface area contributed by atoms with Crippen LogP contribution in [0.2, 0.25) is 0 Å². The molecule has 3 aromatic rings. The lowest BCUT2D eigenvalue weighted by atomic mass is 10.0. The van der Waals surface area contributed by atoms with Gasteiger partial charge in [0.1, 0.15) is 28.4 Å². The highest BCUT2D eigenvalue weighted by molar-refractivity contribution is 7.85. The van der Waals surface area contributed by atoms with Crippen molar-refractivity contribution in [2.24, 2.45) is 0 Å². The third kappa shape index (κ3) is 4.75. The molecule has 7 nitrogen and oxygen atoms in total. The average Bonchev–Trinajstić information content (AvgIpc) is 3.38. The van der Waals surface area contributed by atoms with Crippen molar-refractivity contribution in [3.05, 3.63) is 47.3 Å². The lowest BCUT2D eigenvalue weighted by molar-refractivity contribution is -0.127. The van der Waals surface area contributed by atoms with E-state index >= 15 is 0 Å². The molecule has 1 saturated heterocycles. The summed E-state index contributed by atoms with van der Waals surface area (Å²) in [5.41, 5.74) is 2.08. The Balaban J connectivity index is 1.72. The van der Waals surface area contributed by atoms with Crippen molar-refractivity contribution in [1.82, 2.24) is 9.88 Å². The van der Waals surface area contributed by atoms with Crippen LogP contribution in [0.5, 0.6) is 0 Å². The Labute approximate surface area is 200 Å². The maximum absolute atomic E-state index is 13.4. The van der Waals surface area contributed by atoms with Gasteiger partial charge in [0.25, 0.3) is 0 Å². The van der Waals surface area contributed by atoms with Crippen LogP contribution in [0.3, 0.4) is 0 Å². The summed E-state index contributed by atoms with van der Waals surface area (Å²) in [6, 6.07) is 7.63. The number of pyridine rings is 1. The Bertz CT molecular complexity index is 1260. The zero-order valence-corrected chi connectivity index (χ0v) is 20.4. The van der Waals surface area contributed by atoms with Gasteiger partial charge in [-0.05, 0) is 62.1 Å². The molecule has 0 N–H and O–H groups in total. The number of likely N-dealkylation sites (tertiary alicyclic amines) is 1. The van der Waals surface area contributed by atoms with Gasteiger partial charge in [-0.1, -0.05) is 6.92 Å². The molecule has 0 radical (unpaired) electrons. The van der Waals surface area contributed by atoms with E-state index in [-0.39, 0.29) is 23.2 Å². The van der Waals surface area contributed by atoms with Gasteiger partial charge in [0.2, 0.25) is 11.6 Å². The van der Waals surface area contributed by atoms with Gasteiger partial charge in [0.05, 0.1) is 10.9 Å². The summed E-state index contributed by atoms with van der Waals surface area (Å²) in [6.07, 6.45) is 4.35. The number of rotatable bonds is 9. The Morgan fingerprint density at radius 3 is 2.62 bits per heavy atom. The van der Waals surface area contributed by atoms with Gasteiger partial charge in [0.15, 0.2) is 5.78 Å². The SMILES string of the molecule is CCc1cc2c(C(C)=O)c(-c3ccc(F)cc3)oc2nc1N(CCCN1CCCC1=O)S(C)=O. The highest BCUT2D eigenvalue weighted by atomic mass is 32.2. The van der Waals surface area contributed by atoms with Gasteiger partial charge >= 0.3 is 0 Å². The Kier molecular flexibility index (Phi) is 7.11. The van der Waals surface area contributed by atoms with Gasteiger partial charge in [-0.25, -0.2) is 8.60 Å². The first-order valence-corrected chi connectivity index (χ1v) is 12.9. The third-order valence-electron chi connectivity index (χ3n) is 6.09. The molecule has 0 aliphatic carbocycles. The number of ketones is 1. The number of fused-ring (bicyclic) bond motifs is 1. The number of hydrogen-bond acceptors (Lipinski definition) is 5. The summed E-state index contributed by atoms with van der Waals surface area (Å²) < 4.78 is 33.8. The standard InChI is InChI=1S/C25H28FN3O4S/c1-4-17-15-20-22(16(2)30)23(18-8-10-19(26)11-9-18)33-25(20)27-24(17)29(34(3)32)14-6-13-28-12-5-7-21(28)31/h8-11,15H,4-7,12-14H2,1-3H3. The number of aryl methyl sites for hydroxylation is 1. The number of carbonyl (C=O) groups excluding carboxylic acids is 2. The Morgan fingerprint density at radius 1 is 1.29 bits per heavy atom. The minimum atomic E-state index is -1.35. The largest absolute Gasteiger partial charge is 0.437 e. The number of amides is 1. The van der Waals surface area contributed by atoms with E-state index in [0.717, 1.165) is 18.5 Å². The van der Waals surface area contributed by atoms with Crippen LogP contribution in [0, 0.1) is 5.82 Å². The van der Waals surface area contributed by atoms with E-state index in [0.29, 0.717) is 60.4 Å². The predicted octanol–water partition coefficient (Wildman–Crippen LogP) is 4.51. The molecule has 1 amide bonds.